The first-order valence-corrected chi connectivity index (χ1v) is 11.9. The number of esters is 2. The third kappa shape index (κ3) is 5.25. The van der Waals surface area contributed by atoms with Crippen LogP contribution in [0, 0.1) is 45.2 Å². The summed E-state index contributed by atoms with van der Waals surface area (Å²) in [5.41, 5.74) is -1.13. The van der Waals surface area contributed by atoms with Gasteiger partial charge < -0.3 is 9.47 Å². The third-order valence-electron chi connectivity index (χ3n) is 6.59. The maximum absolute atomic E-state index is 14.8. The molecule has 0 aromatic heterocycles. The number of allylic oxidation sites excluding steroid dienone is 6. The van der Waals surface area contributed by atoms with E-state index in [2.05, 4.69) is 4.74 Å². The molecule has 0 aliphatic heterocycles. The van der Waals surface area contributed by atoms with Crippen LogP contribution in [-0.4, -0.2) is 16.9 Å². The molecule has 0 N–H and O–H groups in total. The minimum atomic E-state index is -2.14. The Hall–Kier alpha value is -4.54. The number of fused-ring (bicyclic) bond motifs is 1. The van der Waals surface area contributed by atoms with Gasteiger partial charge in [0.2, 0.25) is 17.4 Å². The van der Waals surface area contributed by atoms with Crippen LogP contribution in [0.2, 0.25) is 0 Å². The molecule has 2 aliphatic carbocycles. The van der Waals surface area contributed by atoms with Gasteiger partial charge in [0.15, 0.2) is 11.6 Å². The van der Waals surface area contributed by atoms with Crippen molar-refractivity contribution in [1.82, 2.24) is 0 Å². The molecular formula is C28H21F4NO6. The number of rotatable bonds is 7. The van der Waals surface area contributed by atoms with Crippen molar-refractivity contribution in [3.05, 3.63) is 122 Å². The van der Waals surface area contributed by atoms with E-state index in [0.29, 0.717) is 0 Å². The number of nitrogens with zero attached hydrogens (tertiary/aromatic N) is 1. The summed E-state index contributed by atoms with van der Waals surface area (Å²) in [7, 11) is 0. The second-order valence-corrected chi connectivity index (χ2v) is 8.91. The Morgan fingerprint density at radius 1 is 0.897 bits per heavy atom. The van der Waals surface area contributed by atoms with Crippen LogP contribution in [0.5, 0.6) is 5.75 Å². The van der Waals surface area contributed by atoms with Gasteiger partial charge in [0.1, 0.15) is 11.3 Å². The van der Waals surface area contributed by atoms with Crippen molar-refractivity contribution in [2.24, 2.45) is 11.8 Å². The SMILES string of the molecule is CCC(C)c1ccc(C(=O)Oc2c(F)c(F)c(C(=O)OC3=CC=C([N+](=O)[O-])C4C=CC=CC34)c(F)c2F)cc1. The molecule has 0 fully saturated rings. The number of hydrogen-bond donors (Lipinski definition) is 0. The highest BCUT2D eigenvalue weighted by atomic mass is 19.2. The molecule has 0 heterocycles. The van der Waals surface area contributed by atoms with E-state index in [0.717, 1.165) is 24.1 Å². The molecule has 202 valence electrons. The van der Waals surface area contributed by atoms with E-state index in [-0.39, 0.29) is 22.9 Å². The normalized spacial score (nSPS) is 18.5. The van der Waals surface area contributed by atoms with Gasteiger partial charge in [-0.05, 0) is 36.1 Å². The van der Waals surface area contributed by atoms with Gasteiger partial charge in [0, 0.05) is 6.08 Å². The molecule has 3 unspecified atom stereocenters. The van der Waals surface area contributed by atoms with E-state index >= 15 is 0 Å². The summed E-state index contributed by atoms with van der Waals surface area (Å²) < 4.78 is 68.8. The lowest BCUT2D eigenvalue weighted by Gasteiger charge is -2.26. The number of benzene rings is 2. The lowest BCUT2D eigenvalue weighted by Crippen LogP contribution is -2.26. The minimum absolute atomic E-state index is 0.124. The summed E-state index contributed by atoms with van der Waals surface area (Å²) in [6, 6.07) is 5.92. The summed E-state index contributed by atoms with van der Waals surface area (Å²) >= 11 is 0. The Bertz CT molecular complexity index is 1450. The van der Waals surface area contributed by atoms with E-state index in [9.17, 15) is 37.3 Å². The van der Waals surface area contributed by atoms with Crippen LogP contribution < -0.4 is 4.74 Å². The standard InChI is InChI=1S/C28H21F4NO6/c1-3-14(2)15-8-10-16(11-9-15)27(34)39-26-24(31)22(29)21(23(30)25(26)32)28(35)38-20-13-12-19(33(36)37)17-6-4-5-7-18(17)20/h4-14,17-18H,3H2,1-2H3. The number of carbonyl (C=O) groups excluding carboxylic acids is 2. The fraction of sp³-hybridized carbons (Fsp3) is 0.214. The summed E-state index contributed by atoms with van der Waals surface area (Å²) in [6.45, 7) is 3.93. The molecule has 4 rings (SSSR count). The minimum Gasteiger partial charge on any atom is -0.427 e. The zero-order valence-corrected chi connectivity index (χ0v) is 20.6. The average Bonchev–Trinajstić information content (AvgIpc) is 2.93. The quantitative estimate of drug-likeness (QED) is 0.0982. The highest BCUT2D eigenvalue weighted by Gasteiger charge is 2.39. The smallest absolute Gasteiger partial charge is 0.349 e. The summed E-state index contributed by atoms with van der Waals surface area (Å²) in [4.78, 5) is 35.7. The monoisotopic (exact) mass is 543 g/mol. The van der Waals surface area contributed by atoms with Crippen molar-refractivity contribution in [1.29, 1.82) is 0 Å². The molecule has 0 saturated carbocycles. The molecule has 7 nitrogen and oxygen atoms in total. The molecule has 11 heteroatoms. The zero-order chi connectivity index (χ0) is 28.4. The molecule has 0 spiro atoms. The maximum atomic E-state index is 14.8. The second kappa shape index (κ2) is 11.1. The van der Waals surface area contributed by atoms with Crippen molar-refractivity contribution in [3.8, 4) is 5.75 Å². The van der Waals surface area contributed by atoms with Gasteiger partial charge in [-0.2, -0.15) is 8.78 Å². The van der Waals surface area contributed by atoms with E-state index in [4.69, 9.17) is 4.74 Å². The first kappa shape index (κ1) is 27.5. The van der Waals surface area contributed by atoms with Gasteiger partial charge in [0.25, 0.3) is 5.70 Å². The Labute approximate surface area is 219 Å². The van der Waals surface area contributed by atoms with E-state index in [1.807, 2.05) is 13.8 Å². The van der Waals surface area contributed by atoms with Crippen LogP contribution in [0.4, 0.5) is 17.6 Å². The van der Waals surface area contributed by atoms with Crippen LogP contribution in [0.15, 0.2) is 72.2 Å². The Kier molecular flexibility index (Phi) is 7.80. The number of hydrogen-bond acceptors (Lipinski definition) is 6. The zero-order valence-electron chi connectivity index (χ0n) is 20.6. The third-order valence-corrected chi connectivity index (χ3v) is 6.59. The lowest BCUT2D eigenvalue weighted by molar-refractivity contribution is -0.433. The number of carbonyl (C=O) groups is 2. The van der Waals surface area contributed by atoms with E-state index in [1.165, 1.54) is 36.4 Å². The van der Waals surface area contributed by atoms with Gasteiger partial charge in [-0.1, -0.05) is 50.3 Å². The topological polar surface area (TPSA) is 95.7 Å². The maximum Gasteiger partial charge on any atom is 0.349 e. The first-order valence-electron chi connectivity index (χ1n) is 11.9. The molecule has 0 amide bonds. The van der Waals surface area contributed by atoms with Crippen molar-refractivity contribution in [3.63, 3.8) is 0 Å². The largest absolute Gasteiger partial charge is 0.427 e. The summed E-state index contributed by atoms with van der Waals surface area (Å²) in [6.07, 6.45) is 8.94. The molecule has 0 radical (unpaired) electrons. The predicted octanol–water partition coefficient (Wildman–Crippen LogP) is 6.55. The predicted molar refractivity (Wildman–Crippen MR) is 130 cm³/mol. The molecule has 0 saturated heterocycles. The van der Waals surface area contributed by atoms with E-state index in [1.54, 1.807) is 12.1 Å². The fourth-order valence-corrected chi connectivity index (χ4v) is 4.21. The molecule has 2 aromatic rings. The number of ether oxygens (including phenoxy) is 2. The van der Waals surface area contributed by atoms with Crippen LogP contribution in [0.3, 0.4) is 0 Å². The van der Waals surface area contributed by atoms with Crippen molar-refractivity contribution in [2.45, 2.75) is 26.2 Å². The van der Waals surface area contributed by atoms with Crippen molar-refractivity contribution >= 4 is 11.9 Å². The highest BCUT2D eigenvalue weighted by Crippen LogP contribution is 2.38. The molecule has 0 bridgehead atoms. The van der Waals surface area contributed by atoms with Gasteiger partial charge in [-0.15, -0.1) is 0 Å². The lowest BCUT2D eigenvalue weighted by atomic mass is 9.81. The first-order chi connectivity index (χ1) is 18.5. The molecule has 39 heavy (non-hydrogen) atoms. The van der Waals surface area contributed by atoms with Crippen molar-refractivity contribution < 1.29 is 41.5 Å². The second-order valence-electron chi connectivity index (χ2n) is 8.91. The van der Waals surface area contributed by atoms with Crippen molar-refractivity contribution in [2.75, 3.05) is 0 Å². The fourth-order valence-electron chi connectivity index (χ4n) is 4.21. The van der Waals surface area contributed by atoms with E-state index < -0.39 is 63.3 Å². The molecule has 2 aromatic carbocycles. The Morgan fingerprint density at radius 3 is 2.05 bits per heavy atom. The van der Waals surface area contributed by atoms with Gasteiger partial charge in [-0.3, -0.25) is 10.1 Å². The summed E-state index contributed by atoms with van der Waals surface area (Å²) in [5, 5.41) is 11.3. The molecular weight excluding hydrogens is 522 g/mol. The Morgan fingerprint density at radius 2 is 1.49 bits per heavy atom. The molecule has 3 atom stereocenters. The van der Waals surface area contributed by atoms with Gasteiger partial charge in [-0.25, -0.2) is 18.4 Å². The van der Waals surface area contributed by atoms with Gasteiger partial charge >= 0.3 is 11.9 Å². The van der Waals surface area contributed by atoms with Crippen LogP contribution in [0.25, 0.3) is 0 Å². The Balaban J connectivity index is 1.60. The van der Waals surface area contributed by atoms with Gasteiger partial charge in [0.05, 0.1) is 22.3 Å². The van der Waals surface area contributed by atoms with Crippen LogP contribution in [-0.2, 0) is 4.74 Å². The van der Waals surface area contributed by atoms with Crippen LogP contribution >= 0.6 is 0 Å². The molecule has 2 aliphatic rings. The number of nitro groups is 1. The van der Waals surface area contributed by atoms with Crippen LogP contribution in [0.1, 0.15) is 52.5 Å². The average molecular weight is 543 g/mol. The number of halogens is 4. The summed E-state index contributed by atoms with van der Waals surface area (Å²) in [5.74, 6) is -15.0. The highest BCUT2D eigenvalue weighted by molar-refractivity contribution is 5.93.